The first-order valence-electron chi connectivity index (χ1n) is 35.5. The number of ether oxygens (including phenoxy) is 1. The molecule has 0 aliphatic rings. The quantitative estimate of drug-likeness (QED) is 0.0320. The molecule has 0 aromatic heterocycles. The Bertz CT molecular complexity index is 1160. The maximum Gasteiger partial charge on any atom is 0.305 e. The molecular formula is C71H139NO5. The summed E-state index contributed by atoms with van der Waals surface area (Å²) in [6, 6.07) is -0.628. The highest BCUT2D eigenvalue weighted by Crippen LogP contribution is 2.19. The van der Waals surface area contributed by atoms with Gasteiger partial charge in [0.05, 0.1) is 25.4 Å². The van der Waals surface area contributed by atoms with Crippen LogP contribution in [0.4, 0.5) is 0 Å². The van der Waals surface area contributed by atoms with Gasteiger partial charge in [-0.2, -0.15) is 0 Å². The molecular weight excluding hydrogens is 947 g/mol. The summed E-state index contributed by atoms with van der Waals surface area (Å²) in [5.41, 5.74) is 0. The smallest absolute Gasteiger partial charge is 0.305 e. The summed E-state index contributed by atoms with van der Waals surface area (Å²) < 4.78 is 5.51. The third-order valence-electron chi connectivity index (χ3n) is 16.8. The Morgan fingerprint density at radius 2 is 0.597 bits per heavy atom. The zero-order valence-electron chi connectivity index (χ0n) is 52.5. The fraction of sp³-hybridized carbons (Fsp3) is 0.944. The van der Waals surface area contributed by atoms with E-state index in [0.29, 0.717) is 19.4 Å². The number of unbranched alkanes of at least 4 members (excludes halogenated alkanes) is 56. The normalized spacial score (nSPS) is 12.5. The van der Waals surface area contributed by atoms with Crippen molar-refractivity contribution >= 4 is 11.9 Å². The summed E-state index contributed by atoms with van der Waals surface area (Å²) in [6.07, 6.45) is 82.8. The summed E-state index contributed by atoms with van der Waals surface area (Å²) in [7, 11) is 0. The summed E-state index contributed by atoms with van der Waals surface area (Å²) in [6.45, 7) is 4.95. The molecule has 0 rings (SSSR count). The molecule has 0 aliphatic carbocycles. The van der Waals surface area contributed by atoms with E-state index >= 15 is 0 Å². The van der Waals surface area contributed by atoms with E-state index < -0.39 is 12.1 Å². The van der Waals surface area contributed by atoms with Crippen LogP contribution in [0.15, 0.2) is 12.2 Å². The molecule has 0 spiro atoms. The van der Waals surface area contributed by atoms with Crippen molar-refractivity contribution in [2.45, 2.75) is 418 Å². The monoisotopic (exact) mass is 1090 g/mol. The average molecular weight is 1090 g/mol. The number of nitrogens with one attached hydrogen (secondary N) is 1. The van der Waals surface area contributed by atoms with Gasteiger partial charge in [-0.25, -0.2) is 0 Å². The Morgan fingerprint density at radius 1 is 0.351 bits per heavy atom. The van der Waals surface area contributed by atoms with Crippen molar-refractivity contribution < 1.29 is 24.5 Å². The Labute approximate surface area is 482 Å². The van der Waals surface area contributed by atoms with Crippen LogP contribution in [-0.4, -0.2) is 47.4 Å². The van der Waals surface area contributed by atoms with Gasteiger partial charge in [0, 0.05) is 12.8 Å². The van der Waals surface area contributed by atoms with Crippen LogP contribution < -0.4 is 5.32 Å². The lowest BCUT2D eigenvalue weighted by molar-refractivity contribution is -0.143. The van der Waals surface area contributed by atoms with E-state index in [1.165, 1.54) is 340 Å². The van der Waals surface area contributed by atoms with E-state index in [2.05, 4.69) is 19.2 Å². The standard InChI is InChI=1S/C71H139NO5/c1-3-5-7-9-11-13-15-17-19-21-23-28-31-35-39-43-47-51-55-59-63-69(74)68(67-73)72-70(75)64-60-56-52-48-44-40-36-32-29-26-24-25-27-30-34-38-42-46-50-54-58-62-66-77-71(76)65-61-57-53-49-45-41-37-33-22-20-18-16-14-12-10-8-6-4-2/h59,63,68-69,73-74H,3-58,60-62,64-67H2,1-2H3,(H,72,75)/b63-59+. The zero-order chi connectivity index (χ0) is 55.7. The maximum absolute atomic E-state index is 12.5. The van der Waals surface area contributed by atoms with Crippen molar-refractivity contribution in [1.82, 2.24) is 5.32 Å². The fourth-order valence-corrected chi connectivity index (χ4v) is 11.4. The minimum absolute atomic E-state index is 0.0183. The molecule has 0 fully saturated rings. The first-order valence-corrected chi connectivity index (χ1v) is 35.5. The molecule has 6 nitrogen and oxygen atoms in total. The van der Waals surface area contributed by atoms with Gasteiger partial charge in [-0.1, -0.05) is 373 Å². The molecule has 0 aromatic rings. The Balaban J connectivity index is 3.38. The van der Waals surface area contributed by atoms with Gasteiger partial charge in [0.15, 0.2) is 0 Å². The summed E-state index contributed by atoms with van der Waals surface area (Å²) in [5.74, 6) is -0.0453. The first kappa shape index (κ1) is 75.6. The van der Waals surface area contributed by atoms with Gasteiger partial charge >= 0.3 is 5.97 Å². The Kier molecular flexibility index (Phi) is 65.9. The van der Waals surface area contributed by atoms with E-state index in [0.717, 1.165) is 38.5 Å². The molecule has 6 heteroatoms. The highest BCUT2D eigenvalue weighted by atomic mass is 16.5. The summed E-state index contributed by atoms with van der Waals surface area (Å²) in [4.78, 5) is 24.6. The van der Waals surface area contributed by atoms with Gasteiger partial charge in [0.25, 0.3) is 0 Å². The maximum atomic E-state index is 12.5. The lowest BCUT2D eigenvalue weighted by atomic mass is 10.0. The van der Waals surface area contributed by atoms with Gasteiger partial charge in [-0.15, -0.1) is 0 Å². The molecule has 3 N–H and O–H groups in total. The van der Waals surface area contributed by atoms with E-state index in [9.17, 15) is 19.8 Å². The van der Waals surface area contributed by atoms with Gasteiger partial charge in [0.1, 0.15) is 0 Å². The number of aliphatic hydroxyl groups is 2. The SMILES string of the molecule is CCCCCCCCCCCCCCCCCCCC/C=C/C(O)C(CO)NC(=O)CCCCCCCCCCCCCCCCCCCCCCCCOC(=O)CCCCCCCCCCCCCCCCCCCC. The number of carbonyl (C=O) groups is 2. The van der Waals surface area contributed by atoms with E-state index in [-0.39, 0.29) is 18.5 Å². The molecule has 1 amide bonds. The molecule has 0 heterocycles. The van der Waals surface area contributed by atoms with E-state index in [1.807, 2.05) is 6.08 Å². The van der Waals surface area contributed by atoms with Crippen molar-refractivity contribution in [2.75, 3.05) is 13.2 Å². The number of allylic oxidation sites excluding steroid dienone is 1. The molecule has 0 saturated heterocycles. The molecule has 2 unspecified atom stereocenters. The number of carbonyl (C=O) groups excluding carboxylic acids is 2. The second-order valence-corrected chi connectivity index (χ2v) is 24.6. The largest absolute Gasteiger partial charge is 0.466 e. The molecule has 0 saturated carbocycles. The van der Waals surface area contributed by atoms with Crippen molar-refractivity contribution in [1.29, 1.82) is 0 Å². The van der Waals surface area contributed by atoms with Gasteiger partial charge < -0.3 is 20.3 Å². The number of esters is 1. The highest BCUT2D eigenvalue weighted by Gasteiger charge is 2.18. The number of hydrogen-bond donors (Lipinski definition) is 3. The number of hydrogen-bond acceptors (Lipinski definition) is 5. The van der Waals surface area contributed by atoms with E-state index in [1.54, 1.807) is 6.08 Å². The molecule has 0 bridgehead atoms. The molecule has 0 aromatic carbocycles. The van der Waals surface area contributed by atoms with E-state index in [4.69, 9.17) is 4.74 Å². The minimum atomic E-state index is -0.845. The van der Waals surface area contributed by atoms with Crippen molar-refractivity contribution in [2.24, 2.45) is 0 Å². The fourth-order valence-electron chi connectivity index (χ4n) is 11.4. The van der Waals surface area contributed by atoms with Crippen LogP contribution in [0.2, 0.25) is 0 Å². The van der Waals surface area contributed by atoms with Crippen molar-refractivity contribution in [3.05, 3.63) is 12.2 Å². The lowest BCUT2D eigenvalue weighted by Crippen LogP contribution is -2.45. The van der Waals surface area contributed by atoms with Crippen LogP contribution in [0.3, 0.4) is 0 Å². The first-order chi connectivity index (χ1) is 38.0. The van der Waals surface area contributed by atoms with Crippen molar-refractivity contribution in [3.8, 4) is 0 Å². The van der Waals surface area contributed by atoms with Crippen LogP contribution in [0, 0.1) is 0 Å². The van der Waals surface area contributed by atoms with Gasteiger partial charge in [0.2, 0.25) is 5.91 Å². The highest BCUT2D eigenvalue weighted by molar-refractivity contribution is 5.76. The minimum Gasteiger partial charge on any atom is -0.466 e. The number of amides is 1. The average Bonchev–Trinajstić information content (AvgIpc) is 3.43. The van der Waals surface area contributed by atoms with Crippen LogP contribution in [0.25, 0.3) is 0 Å². The van der Waals surface area contributed by atoms with Crippen molar-refractivity contribution in [3.63, 3.8) is 0 Å². The Morgan fingerprint density at radius 3 is 0.883 bits per heavy atom. The van der Waals surface area contributed by atoms with Gasteiger partial charge in [-0.3, -0.25) is 9.59 Å². The molecule has 0 aliphatic heterocycles. The second-order valence-electron chi connectivity index (χ2n) is 24.6. The third kappa shape index (κ3) is 63.6. The third-order valence-corrected chi connectivity index (χ3v) is 16.8. The lowest BCUT2D eigenvalue weighted by Gasteiger charge is -2.20. The topological polar surface area (TPSA) is 95.9 Å². The van der Waals surface area contributed by atoms with Crippen LogP contribution in [0.1, 0.15) is 406 Å². The molecule has 2 atom stereocenters. The predicted octanol–water partition coefficient (Wildman–Crippen LogP) is 22.8. The Hall–Kier alpha value is -1.40. The van der Waals surface area contributed by atoms with Crippen LogP contribution >= 0.6 is 0 Å². The molecule has 0 radical (unpaired) electrons. The van der Waals surface area contributed by atoms with Crippen LogP contribution in [-0.2, 0) is 14.3 Å². The summed E-state index contributed by atoms with van der Waals surface area (Å²) in [5, 5.41) is 23.2. The summed E-state index contributed by atoms with van der Waals surface area (Å²) >= 11 is 0. The predicted molar refractivity (Wildman–Crippen MR) is 338 cm³/mol. The number of aliphatic hydroxyl groups excluding tert-OH is 2. The zero-order valence-corrected chi connectivity index (χ0v) is 52.5. The van der Waals surface area contributed by atoms with Crippen LogP contribution in [0.5, 0.6) is 0 Å². The second kappa shape index (κ2) is 67.1. The number of rotatable bonds is 67. The van der Waals surface area contributed by atoms with Gasteiger partial charge in [-0.05, 0) is 32.1 Å². The molecule has 458 valence electrons. The molecule has 77 heavy (non-hydrogen) atoms.